The second kappa shape index (κ2) is 5.24. The van der Waals surface area contributed by atoms with E-state index in [9.17, 15) is 0 Å². The van der Waals surface area contributed by atoms with E-state index in [4.69, 9.17) is 4.74 Å². The number of hydrogen-bond acceptors (Lipinski definition) is 1. The molecule has 1 nitrogen and oxygen atoms in total. The molecule has 0 heterocycles. The van der Waals surface area contributed by atoms with Crippen LogP contribution in [0.1, 0.15) is 54.1 Å². The number of benzene rings is 1. The summed E-state index contributed by atoms with van der Waals surface area (Å²) in [4.78, 5) is 0.454. The molecular weight excluding hydrogens is 288 g/mol. The fourth-order valence-electron chi connectivity index (χ4n) is 3.29. The molecule has 100 valence electrons. The first-order valence-electron chi connectivity index (χ1n) is 6.77. The molecule has 1 saturated carbocycles. The summed E-state index contributed by atoms with van der Waals surface area (Å²) < 4.78 is 5.45. The van der Waals surface area contributed by atoms with Crippen LogP contribution < -0.4 is 4.74 Å². The summed E-state index contributed by atoms with van der Waals surface area (Å²) in [5.74, 6) is 1.02. The van der Waals surface area contributed by atoms with E-state index in [0.29, 0.717) is 10.2 Å². The second-order valence-corrected chi connectivity index (χ2v) is 6.83. The van der Waals surface area contributed by atoms with Crippen molar-refractivity contribution in [3.63, 3.8) is 0 Å². The van der Waals surface area contributed by atoms with Crippen LogP contribution in [0, 0.1) is 19.3 Å². The van der Waals surface area contributed by atoms with Gasteiger partial charge in [0.15, 0.2) is 0 Å². The Balaban J connectivity index is 2.34. The van der Waals surface area contributed by atoms with Crippen molar-refractivity contribution >= 4 is 15.9 Å². The first kappa shape index (κ1) is 13.9. The van der Waals surface area contributed by atoms with E-state index in [1.807, 2.05) is 0 Å². The van der Waals surface area contributed by atoms with Gasteiger partial charge in [-0.1, -0.05) is 47.8 Å². The molecule has 0 bridgehead atoms. The highest BCUT2D eigenvalue weighted by atomic mass is 79.9. The molecule has 0 saturated heterocycles. The molecule has 2 heteroatoms. The van der Waals surface area contributed by atoms with Gasteiger partial charge in [0.05, 0.1) is 7.11 Å². The zero-order chi connectivity index (χ0) is 13.3. The smallest absolute Gasteiger partial charge is 0.124 e. The van der Waals surface area contributed by atoms with Crippen LogP contribution in [0.5, 0.6) is 5.75 Å². The number of alkyl halides is 1. The predicted molar refractivity (Wildman–Crippen MR) is 80.7 cm³/mol. The average Bonchev–Trinajstić information content (AvgIpc) is 2.76. The lowest BCUT2D eigenvalue weighted by molar-refractivity contribution is 0.331. The van der Waals surface area contributed by atoms with Crippen LogP contribution >= 0.6 is 15.9 Å². The minimum Gasteiger partial charge on any atom is -0.496 e. The zero-order valence-electron chi connectivity index (χ0n) is 11.8. The molecule has 18 heavy (non-hydrogen) atoms. The minimum absolute atomic E-state index is 0.410. The lowest BCUT2D eigenvalue weighted by Gasteiger charge is -2.31. The summed E-state index contributed by atoms with van der Waals surface area (Å²) in [7, 11) is 1.75. The molecule has 0 aromatic heterocycles. The van der Waals surface area contributed by atoms with Crippen molar-refractivity contribution in [1.29, 1.82) is 0 Å². The highest BCUT2D eigenvalue weighted by Crippen LogP contribution is 2.52. The van der Waals surface area contributed by atoms with Gasteiger partial charge in [-0.2, -0.15) is 0 Å². The molecule has 0 spiro atoms. The number of ether oxygens (including phenoxy) is 1. The normalized spacial score (nSPS) is 19.8. The van der Waals surface area contributed by atoms with Gasteiger partial charge in [0.1, 0.15) is 5.75 Å². The monoisotopic (exact) mass is 310 g/mol. The predicted octanol–water partition coefficient (Wildman–Crippen LogP) is 5.33. The summed E-state index contributed by atoms with van der Waals surface area (Å²) in [6.45, 7) is 6.67. The summed E-state index contributed by atoms with van der Waals surface area (Å²) in [5.41, 5.74) is 4.28. The summed E-state index contributed by atoms with van der Waals surface area (Å²) in [6.07, 6.45) is 5.39. The molecule has 1 atom stereocenters. The maximum atomic E-state index is 5.45. The van der Waals surface area contributed by atoms with E-state index in [1.165, 1.54) is 42.4 Å². The fraction of sp³-hybridized carbons (Fsp3) is 0.625. The van der Waals surface area contributed by atoms with Crippen molar-refractivity contribution in [1.82, 2.24) is 0 Å². The number of halogens is 1. The number of hydrogen-bond donors (Lipinski definition) is 0. The van der Waals surface area contributed by atoms with Crippen LogP contribution in [-0.4, -0.2) is 7.11 Å². The Morgan fingerprint density at radius 2 is 1.67 bits per heavy atom. The third-order valence-electron chi connectivity index (χ3n) is 4.34. The van der Waals surface area contributed by atoms with Crippen LogP contribution in [-0.2, 0) is 0 Å². The van der Waals surface area contributed by atoms with E-state index in [0.717, 1.165) is 5.75 Å². The molecule has 2 rings (SSSR count). The molecule has 1 aromatic carbocycles. The van der Waals surface area contributed by atoms with Crippen LogP contribution in [0.15, 0.2) is 12.1 Å². The molecule has 0 aliphatic heterocycles. The van der Waals surface area contributed by atoms with E-state index < -0.39 is 0 Å². The SMILES string of the molecule is COc1c(C)cc(C(Br)C2(C)CCCC2)cc1C. The van der Waals surface area contributed by atoms with Gasteiger partial charge in [-0.15, -0.1) is 0 Å². The Morgan fingerprint density at radius 3 is 2.11 bits per heavy atom. The van der Waals surface area contributed by atoms with Crippen LogP contribution in [0.25, 0.3) is 0 Å². The minimum atomic E-state index is 0.410. The summed E-state index contributed by atoms with van der Waals surface area (Å²) in [6, 6.07) is 4.55. The largest absolute Gasteiger partial charge is 0.496 e. The summed E-state index contributed by atoms with van der Waals surface area (Å²) in [5, 5.41) is 0. The van der Waals surface area contributed by atoms with Gasteiger partial charge in [0.25, 0.3) is 0 Å². The third-order valence-corrected chi connectivity index (χ3v) is 5.97. The first-order chi connectivity index (χ1) is 8.48. The van der Waals surface area contributed by atoms with Crippen molar-refractivity contribution in [2.45, 2.75) is 51.3 Å². The molecule has 1 unspecified atom stereocenters. The topological polar surface area (TPSA) is 9.23 Å². The maximum Gasteiger partial charge on any atom is 0.124 e. The van der Waals surface area contributed by atoms with Crippen LogP contribution in [0.3, 0.4) is 0 Å². The molecule has 1 aliphatic rings. The zero-order valence-corrected chi connectivity index (χ0v) is 13.4. The second-order valence-electron chi connectivity index (χ2n) is 5.91. The molecule has 0 radical (unpaired) electrons. The number of aryl methyl sites for hydroxylation is 2. The highest BCUT2D eigenvalue weighted by molar-refractivity contribution is 9.09. The van der Waals surface area contributed by atoms with E-state index in [2.05, 4.69) is 48.8 Å². The van der Waals surface area contributed by atoms with Gasteiger partial charge >= 0.3 is 0 Å². The quantitative estimate of drug-likeness (QED) is 0.686. The van der Waals surface area contributed by atoms with E-state index in [-0.39, 0.29) is 0 Å². The van der Waals surface area contributed by atoms with Crippen molar-refractivity contribution in [2.24, 2.45) is 5.41 Å². The van der Waals surface area contributed by atoms with E-state index in [1.54, 1.807) is 7.11 Å². The van der Waals surface area contributed by atoms with Gasteiger partial charge in [-0.3, -0.25) is 0 Å². The molecular formula is C16H23BrO. The van der Waals surface area contributed by atoms with Crippen molar-refractivity contribution < 1.29 is 4.74 Å². The average molecular weight is 311 g/mol. The Labute approximate surface area is 119 Å². The van der Waals surface area contributed by atoms with Gasteiger partial charge in [-0.25, -0.2) is 0 Å². The third kappa shape index (κ3) is 2.45. The number of rotatable bonds is 3. The molecule has 1 aromatic rings. The number of methoxy groups -OCH3 is 1. The van der Waals surface area contributed by atoms with Crippen LogP contribution in [0.4, 0.5) is 0 Å². The lowest BCUT2D eigenvalue weighted by atomic mass is 9.81. The van der Waals surface area contributed by atoms with Gasteiger partial charge in [-0.05, 0) is 48.8 Å². The van der Waals surface area contributed by atoms with Crippen molar-refractivity contribution in [3.8, 4) is 5.75 Å². The first-order valence-corrected chi connectivity index (χ1v) is 7.69. The molecule has 1 fully saturated rings. The molecule has 0 N–H and O–H groups in total. The standard InChI is InChI=1S/C16H23BrO/c1-11-9-13(10-12(2)14(11)18-4)15(17)16(3)7-5-6-8-16/h9-10,15H,5-8H2,1-4H3. The van der Waals surface area contributed by atoms with Gasteiger partial charge < -0.3 is 4.74 Å². The maximum absolute atomic E-state index is 5.45. The highest BCUT2D eigenvalue weighted by Gasteiger charge is 2.36. The molecule has 1 aliphatic carbocycles. The molecule has 0 amide bonds. The van der Waals surface area contributed by atoms with Gasteiger partial charge in [0, 0.05) is 4.83 Å². The Morgan fingerprint density at radius 1 is 1.17 bits per heavy atom. The van der Waals surface area contributed by atoms with Crippen LogP contribution in [0.2, 0.25) is 0 Å². The van der Waals surface area contributed by atoms with E-state index >= 15 is 0 Å². The Hall–Kier alpha value is -0.500. The fourth-order valence-corrected chi connectivity index (χ4v) is 4.01. The Kier molecular flexibility index (Phi) is 4.05. The van der Waals surface area contributed by atoms with Gasteiger partial charge in [0.2, 0.25) is 0 Å². The lowest BCUT2D eigenvalue weighted by Crippen LogP contribution is -2.18. The van der Waals surface area contributed by atoms with Crippen molar-refractivity contribution in [2.75, 3.05) is 7.11 Å². The summed E-state index contributed by atoms with van der Waals surface area (Å²) >= 11 is 3.94. The van der Waals surface area contributed by atoms with Crippen molar-refractivity contribution in [3.05, 3.63) is 28.8 Å². The Bertz CT molecular complexity index is 410.